The first-order valence-corrected chi connectivity index (χ1v) is 9.99. The van der Waals surface area contributed by atoms with Gasteiger partial charge in [0.25, 0.3) is 0 Å². The van der Waals surface area contributed by atoms with E-state index < -0.39 is 9.84 Å². The minimum atomic E-state index is -3.75. The molecule has 1 aliphatic carbocycles. The molecular formula is C18H20N4O2S. The number of rotatable bonds is 3. The van der Waals surface area contributed by atoms with Gasteiger partial charge in [-0.2, -0.15) is 0 Å². The Hall–Kier alpha value is -2.41. The van der Waals surface area contributed by atoms with E-state index in [1.807, 2.05) is 0 Å². The van der Waals surface area contributed by atoms with Gasteiger partial charge < -0.3 is 10.7 Å². The lowest BCUT2D eigenvalue weighted by atomic mass is 9.86. The van der Waals surface area contributed by atoms with Crippen LogP contribution in [0.1, 0.15) is 43.7 Å². The summed E-state index contributed by atoms with van der Waals surface area (Å²) in [6.45, 7) is 0. The minimum Gasteiger partial charge on any atom is -0.384 e. The molecule has 0 saturated heterocycles. The third kappa shape index (κ3) is 2.68. The van der Waals surface area contributed by atoms with Gasteiger partial charge in [-0.25, -0.2) is 18.4 Å². The molecule has 1 saturated carbocycles. The van der Waals surface area contributed by atoms with E-state index in [1.54, 1.807) is 30.3 Å². The highest BCUT2D eigenvalue weighted by molar-refractivity contribution is 7.92. The molecule has 130 valence electrons. The summed E-state index contributed by atoms with van der Waals surface area (Å²) in [5, 5.41) is 0. The zero-order valence-corrected chi connectivity index (χ0v) is 14.6. The molecule has 0 atom stereocenters. The highest BCUT2D eigenvalue weighted by Crippen LogP contribution is 2.38. The van der Waals surface area contributed by atoms with Gasteiger partial charge >= 0.3 is 0 Å². The van der Waals surface area contributed by atoms with Crippen molar-refractivity contribution in [2.45, 2.75) is 47.8 Å². The van der Waals surface area contributed by atoms with Crippen molar-refractivity contribution in [1.82, 2.24) is 15.0 Å². The second-order valence-electron chi connectivity index (χ2n) is 6.50. The molecule has 1 aromatic carbocycles. The number of benzene rings is 1. The van der Waals surface area contributed by atoms with Gasteiger partial charge in [0.05, 0.1) is 16.1 Å². The molecule has 0 bridgehead atoms. The number of nitrogen functional groups attached to an aromatic ring is 1. The van der Waals surface area contributed by atoms with E-state index in [1.165, 1.54) is 25.6 Å². The van der Waals surface area contributed by atoms with Crippen LogP contribution in [0.2, 0.25) is 0 Å². The largest absolute Gasteiger partial charge is 0.384 e. The Balaban J connectivity index is 1.90. The summed E-state index contributed by atoms with van der Waals surface area (Å²) in [5.41, 5.74) is 7.99. The van der Waals surface area contributed by atoms with Crippen LogP contribution < -0.4 is 5.73 Å². The number of aromatic amines is 1. The SMILES string of the molecule is Nc1[nH]c2c(C3CCCCC3)ncnc2c1S(=O)(=O)c1ccccc1. The highest BCUT2D eigenvalue weighted by Gasteiger charge is 2.29. The van der Waals surface area contributed by atoms with Crippen molar-refractivity contribution < 1.29 is 8.42 Å². The lowest BCUT2D eigenvalue weighted by Crippen LogP contribution is -2.08. The van der Waals surface area contributed by atoms with Gasteiger partial charge in [-0.05, 0) is 25.0 Å². The molecule has 0 radical (unpaired) electrons. The molecular weight excluding hydrogens is 336 g/mol. The lowest BCUT2D eigenvalue weighted by molar-refractivity contribution is 0.438. The van der Waals surface area contributed by atoms with Crippen molar-refractivity contribution in [1.29, 1.82) is 0 Å². The van der Waals surface area contributed by atoms with Crippen molar-refractivity contribution in [3.8, 4) is 0 Å². The van der Waals surface area contributed by atoms with Crippen LogP contribution in [0.15, 0.2) is 46.5 Å². The number of anilines is 1. The quantitative estimate of drug-likeness (QED) is 0.748. The number of aromatic nitrogens is 3. The average molecular weight is 356 g/mol. The predicted octanol–water partition coefficient (Wildman–Crippen LogP) is 3.42. The molecule has 4 rings (SSSR count). The number of sulfone groups is 1. The van der Waals surface area contributed by atoms with Gasteiger partial charge in [0.1, 0.15) is 22.6 Å². The number of fused-ring (bicyclic) bond motifs is 1. The third-order valence-electron chi connectivity index (χ3n) is 4.91. The maximum absolute atomic E-state index is 13.1. The molecule has 25 heavy (non-hydrogen) atoms. The van der Waals surface area contributed by atoms with Crippen molar-refractivity contribution in [2.75, 3.05) is 5.73 Å². The molecule has 6 nitrogen and oxygen atoms in total. The Morgan fingerprint density at radius 3 is 2.48 bits per heavy atom. The molecule has 0 unspecified atom stereocenters. The van der Waals surface area contributed by atoms with Crippen LogP contribution in [-0.4, -0.2) is 23.4 Å². The normalized spacial score (nSPS) is 16.3. The fourth-order valence-electron chi connectivity index (χ4n) is 3.69. The predicted molar refractivity (Wildman–Crippen MR) is 96.0 cm³/mol. The van der Waals surface area contributed by atoms with E-state index in [0.29, 0.717) is 17.0 Å². The molecule has 7 heteroatoms. The summed E-state index contributed by atoms with van der Waals surface area (Å²) in [6.07, 6.45) is 7.15. The molecule has 0 spiro atoms. The Bertz CT molecular complexity index is 1010. The monoisotopic (exact) mass is 356 g/mol. The second kappa shape index (κ2) is 6.15. The highest BCUT2D eigenvalue weighted by atomic mass is 32.2. The van der Waals surface area contributed by atoms with Crippen LogP contribution >= 0.6 is 0 Å². The third-order valence-corrected chi connectivity index (χ3v) is 6.75. The molecule has 1 fully saturated rings. The number of hydrogen-bond acceptors (Lipinski definition) is 5. The maximum atomic E-state index is 13.1. The Morgan fingerprint density at radius 1 is 1.04 bits per heavy atom. The molecule has 0 amide bonds. The standard InChI is InChI=1S/C18H20N4O2S/c19-18-17(25(23,24)13-9-5-2-6-10-13)16-15(22-18)14(20-11-21-16)12-7-3-1-4-8-12/h2,5-6,9-12,22H,1,3-4,7-8,19H2. The molecule has 1 aliphatic rings. The van der Waals surface area contributed by atoms with Crippen LogP contribution in [0.25, 0.3) is 11.0 Å². The number of hydrogen-bond donors (Lipinski definition) is 2. The maximum Gasteiger partial charge on any atom is 0.212 e. The number of nitrogens with two attached hydrogens (primary N) is 1. The van der Waals surface area contributed by atoms with E-state index in [2.05, 4.69) is 15.0 Å². The zero-order valence-electron chi connectivity index (χ0n) is 13.8. The summed E-state index contributed by atoms with van der Waals surface area (Å²) in [5.74, 6) is 0.445. The van der Waals surface area contributed by atoms with Crippen LogP contribution in [0.5, 0.6) is 0 Å². The van der Waals surface area contributed by atoms with Crippen LogP contribution in [0.3, 0.4) is 0 Å². The first-order chi connectivity index (χ1) is 12.1. The average Bonchev–Trinajstić information content (AvgIpc) is 2.99. The van der Waals surface area contributed by atoms with E-state index in [4.69, 9.17) is 5.73 Å². The van der Waals surface area contributed by atoms with E-state index in [-0.39, 0.29) is 15.6 Å². The number of nitrogens with one attached hydrogen (secondary N) is 1. The van der Waals surface area contributed by atoms with Crippen molar-refractivity contribution in [2.24, 2.45) is 0 Å². The van der Waals surface area contributed by atoms with Crippen molar-refractivity contribution in [3.63, 3.8) is 0 Å². The van der Waals surface area contributed by atoms with Gasteiger partial charge in [-0.3, -0.25) is 0 Å². The Kier molecular flexibility index (Phi) is 3.95. The van der Waals surface area contributed by atoms with Crippen LogP contribution in [0, 0.1) is 0 Å². The topological polar surface area (TPSA) is 102 Å². The van der Waals surface area contributed by atoms with Crippen LogP contribution in [-0.2, 0) is 9.84 Å². The van der Waals surface area contributed by atoms with Crippen molar-refractivity contribution in [3.05, 3.63) is 42.4 Å². The van der Waals surface area contributed by atoms with Gasteiger partial charge in [-0.15, -0.1) is 0 Å². The summed E-state index contributed by atoms with van der Waals surface area (Å²) < 4.78 is 26.1. The van der Waals surface area contributed by atoms with E-state index >= 15 is 0 Å². The summed E-state index contributed by atoms with van der Waals surface area (Å²) in [6, 6.07) is 8.30. The number of nitrogens with zero attached hydrogens (tertiary/aromatic N) is 2. The molecule has 0 aliphatic heterocycles. The van der Waals surface area contributed by atoms with Crippen molar-refractivity contribution >= 4 is 26.7 Å². The Morgan fingerprint density at radius 2 is 1.76 bits per heavy atom. The molecule has 3 N–H and O–H groups in total. The smallest absolute Gasteiger partial charge is 0.212 e. The molecule has 2 heterocycles. The van der Waals surface area contributed by atoms with E-state index in [9.17, 15) is 8.42 Å². The van der Waals surface area contributed by atoms with Gasteiger partial charge in [0.15, 0.2) is 0 Å². The zero-order chi connectivity index (χ0) is 17.4. The first kappa shape index (κ1) is 16.1. The minimum absolute atomic E-state index is 0.0492. The summed E-state index contributed by atoms with van der Waals surface area (Å²) in [7, 11) is -3.75. The van der Waals surface area contributed by atoms with Gasteiger partial charge in [-0.1, -0.05) is 37.5 Å². The Labute approximate surface area is 146 Å². The number of H-pyrrole nitrogens is 1. The second-order valence-corrected chi connectivity index (χ2v) is 8.39. The summed E-state index contributed by atoms with van der Waals surface area (Å²) >= 11 is 0. The van der Waals surface area contributed by atoms with Crippen LogP contribution in [0.4, 0.5) is 5.82 Å². The molecule has 2 aromatic heterocycles. The fraction of sp³-hybridized carbons (Fsp3) is 0.333. The summed E-state index contributed by atoms with van der Waals surface area (Å²) in [4.78, 5) is 12.0. The molecule has 3 aromatic rings. The van der Waals surface area contributed by atoms with E-state index in [0.717, 1.165) is 18.5 Å². The van der Waals surface area contributed by atoms with Gasteiger partial charge in [0.2, 0.25) is 9.84 Å². The fourth-order valence-corrected chi connectivity index (χ4v) is 5.19. The first-order valence-electron chi connectivity index (χ1n) is 8.51. The van der Waals surface area contributed by atoms with Gasteiger partial charge in [0, 0.05) is 5.92 Å². The lowest BCUT2D eigenvalue weighted by Gasteiger charge is -2.21.